The molecule has 0 amide bonds. The van der Waals surface area contributed by atoms with Gasteiger partial charge in [0.2, 0.25) is 0 Å². The van der Waals surface area contributed by atoms with Crippen LogP contribution >= 0.6 is 0 Å². The van der Waals surface area contributed by atoms with Gasteiger partial charge in [-0.25, -0.2) is 9.67 Å². The summed E-state index contributed by atoms with van der Waals surface area (Å²) in [5, 5.41) is 17.8. The van der Waals surface area contributed by atoms with Crippen molar-refractivity contribution in [2.75, 3.05) is 6.61 Å². The summed E-state index contributed by atoms with van der Waals surface area (Å²) in [6.07, 6.45) is 6.07. The van der Waals surface area contributed by atoms with Crippen molar-refractivity contribution in [3.63, 3.8) is 0 Å². The average molecular weight is 247 g/mol. The average Bonchev–Trinajstić information content (AvgIpc) is 2.92. The molecule has 6 heteroatoms. The minimum Gasteiger partial charge on any atom is -0.394 e. The maximum Gasteiger partial charge on any atom is 0.176 e. The molecular formula is C12H17N5O. The molecule has 1 N–H and O–H groups in total. The fraction of sp³-hybridized carbons (Fsp3) is 0.583. The molecule has 0 fully saturated rings. The first-order chi connectivity index (χ1) is 8.81. The summed E-state index contributed by atoms with van der Waals surface area (Å²) in [6, 6.07) is 0. The number of aryl methyl sites for hydroxylation is 2. The van der Waals surface area contributed by atoms with Crippen molar-refractivity contribution in [3.8, 4) is 11.5 Å². The molecule has 2 heterocycles. The molecular weight excluding hydrogens is 230 g/mol. The van der Waals surface area contributed by atoms with Gasteiger partial charge in [0.15, 0.2) is 5.82 Å². The van der Waals surface area contributed by atoms with Crippen molar-refractivity contribution in [1.82, 2.24) is 24.5 Å². The first-order valence-corrected chi connectivity index (χ1v) is 6.35. The van der Waals surface area contributed by atoms with Gasteiger partial charge in [-0.05, 0) is 25.7 Å². The summed E-state index contributed by atoms with van der Waals surface area (Å²) in [5.41, 5.74) is 3.55. The van der Waals surface area contributed by atoms with Gasteiger partial charge in [-0.15, -0.1) is 0 Å². The minimum absolute atomic E-state index is 0.0659. The Hall–Kier alpha value is -1.69. The second-order valence-corrected chi connectivity index (χ2v) is 4.63. The lowest BCUT2D eigenvalue weighted by molar-refractivity contribution is 0.270. The Morgan fingerprint density at radius 2 is 2.17 bits per heavy atom. The maximum atomic E-state index is 9.06. The quantitative estimate of drug-likeness (QED) is 0.860. The summed E-state index contributed by atoms with van der Waals surface area (Å²) >= 11 is 0. The number of aliphatic hydroxyl groups excluding tert-OH is 1. The number of rotatable bonds is 3. The van der Waals surface area contributed by atoms with Gasteiger partial charge in [-0.2, -0.15) is 10.2 Å². The number of fused-ring (bicyclic) bond motifs is 1. The van der Waals surface area contributed by atoms with E-state index in [1.54, 1.807) is 4.68 Å². The number of aromatic nitrogens is 5. The lowest BCUT2D eigenvalue weighted by Gasteiger charge is -2.11. The molecule has 2 aromatic heterocycles. The standard InChI is InChI=1S/C12H17N5O/c1-16-11(9-4-2-3-5-10(9)15-16)12-13-8-14-17(12)6-7-18/h8,18H,2-7H2,1H3. The molecule has 96 valence electrons. The van der Waals surface area contributed by atoms with Gasteiger partial charge in [0.25, 0.3) is 0 Å². The Labute approximate surface area is 105 Å². The lowest BCUT2D eigenvalue weighted by Crippen LogP contribution is -2.09. The van der Waals surface area contributed by atoms with E-state index < -0.39 is 0 Å². The minimum atomic E-state index is 0.0659. The Bertz CT molecular complexity index is 557. The Balaban J connectivity index is 2.10. The van der Waals surface area contributed by atoms with Crippen molar-refractivity contribution in [3.05, 3.63) is 17.6 Å². The molecule has 3 rings (SSSR count). The van der Waals surface area contributed by atoms with Gasteiger partial charge in [-0.3, -0.25) is 4.68 Å². The molecule has 0 aliphatic heterocycles. The van der Waals surface area contributed by atoms with Gasteiger partial charge in [-0.1, -0.05) is 0 Å². The van der Waals surface area contributed by atoms with Gasteiger partial charge in [0.1, 0.15) is 12.0 Å². The summed E-state index contributed by atoms with van der Waals surface area (Å²) in [7, 11) is 1.95. The molecule has 0 saturated carbocycles. The Kier molecular flexibility index (Phi) is 2.87. The van der Waals surface area contributed by atoms with E-state index in [2.05, 4.69) is 15.2 Å². The van der Waals surface area contributed by atoms with E-state index in [0.29, 0.717) is 6.54 Å². The molecule has 0 saturated heterocycles. The van der Waals surface area contributed by atoms with E-state index in [1.807, 2.05) is 11.7 Å². The number of aliphatic hydroxyl groups is 1. The van der Waals surface area contributed by atoms with E-state index in [0.717, 1.165) is 24.4 Å². The first-order valence-electron chi connectivity index (χ1n) is 6.35. The highest BCUT2D eigenvalue weighted by Gasteiger charge is 2.23. The largest absolute Gasteiger partial charge is 0.394 e. The summed E-state index contributed by atoms with van der Waals surface area (Å²) in [4.78, 5) is 4.33. The van der Waals surface area contributed by atoms with Gasteiger partial charge in [0, 0.05) is 12.6 Å². The zero-order valence-electron chi connectivity index (χ0n) is 10.5. The molecule has 18 heavy (non-hydrogen) atoms. The van der Waals surface area contributed by atoms with Crippen LogP contribution in [0.2, 0.25) is 0 Å². The highest BCUT2D eigenvalue weighted by atomic mass is 16.3. The summed E-state index contributed by atoms with van der Waals surface area (Å²) in [5.74, 6) is 0.808. The fourth-order valence-corrected chi connectivity index (χ4v) is 2.67. The highest BCUT2D eigenvalue weighted by molar-refractivity contribution is 5.57. The van der Waals surface area contributed by atoms with Crippen LogP contribution in [0.4, 0.5) is 0 Å². The van der Waals surface area contributed by atoms with Crippen LogP contribution in [0.5, 0.6) is 0 Å². The maximum absolute atomic E-state index is 9.06. The number of nitrogens with zero attached hydrogens (tertiary/aromatic N) is 5. The van der Waals surface area contributed by atoms with E-state index in [9.17, 15) is 0 Å². The molecule has 0 radical (unpaired) electrons. The van der Waals surface area contributed by atoms with Crippen LogP contribution in [0, 0.1) is 0 Å². The third-order valence-corrected chi connectivity index (χ3v) is 3.46. The van der Waals surface area contributed by atoms with Crippen LogP contribution in [0.15, 0.2) is 6.33 Å². The second-order valence-electron chi connectivity index (χ2n) is 4.63. The van der Waals surface area contributed by atoms with E-state index >= 15 is 0 Å². The van der Waals surface area contributed by atoms with Gasteiger partial charge >= 0.3 is 0 Å². The van der Waals surface area contributed by atoms with E-state index in [-0.39, 0.29) is 6.61 Å². The van der Waals surface area contributed by atoms with Crippen LogP contribution in [0.3, 0.4) is 0 Å². The third kappa shape index (κ3) is 1.73. The Morgan fingerprint density at radius 1 is 1.33 bits per heavy atom. The van der Waals surface area contributed by atoms with Crippen molar-refractivity contribution in [2.24, 2.45) is 7.05 Å². The van der Waals surface area contributed by atoms with Gasteiger partial charge in [0.05, 0.1) is 18.8 Å². The zero-order valence-corrected chi connectivity index (χ0v) is 10.5. The molecule has 0 bridgehead atoms. The van der Waals surface area contributed by atoms with E-state index in [1.165, 1.54) is 30.4 Å². The van der Waals surface area contributed by atoms with Crippen LogP contribution < -0.4 is 0 Å². The van der Waals surface area contributed by atoms with Gasteiger partial charge < -0.3 is 5.11 Å². The molecule has 6 nitrogen and oxygen atoms in total. The fourth-order valence-electron chi connectivity index (χ4n) is 2.67. The number of hydrogen-bond donors (Lipinski definition) is 1. The predicted molar refractivity (Wildman–Crippen MR) is 66.0 cm³/mol. The van der Waals surface area contributed by atoms with Crippen molar-refractivity contribution < 1.29 is 5.11 Å². The van der Waals surface area contributed by atoms with Crippen LogP contribution in [0.1, 0.15) is 24.1 Å². The van der Waals surface area contributed by atoms with Crippen LogP contribution in [-0.4, -0.2) is 36.3 Å². The monoisotopic (exact) mass is 247 g/mol. The van der Waals surface area contributed by atoms with Crippen LogP contribution in [-0.2, 0) is 26.4 Å². The summed E-state index contributed by atoms with van der Waals surface area (Å²) in [6.45, 7) is 0.533. The molecule has 1 aliphatic rings. The van der Waals surface area contributed by atoms with Crippen molar-refractivity contribution in [1.29, 1.82) is 0 Å². The summed E-state index contributed by atoms with van der Waals surface area (Å²) < 4.78 is 3.64. The normalized spacial score (nSPS) is 14.8. The first kappa shape index (κ1) is 11.4. The van der Waals surface area contributed by atoms with Crippen molar-refractivity contribution in [2.45, 2.75) is 32.2 Å². The van der Waals surface area contributed by atoms with E-state index in [4.69, 9.17) is 5.11 Å². The lowest BCUT2D eigenvalue weighted by atomic mass is 9.95. The number of hydrogen-bond acceptors (Lipinski definition) is 4. The molecule has 0 atom stereocenters. The Morgan fingerprint density at radius 3 is 3.00 bits per heavy atom. The predicted octanol–water partition coefficient (Wildman–Crippen LogP) is 0.550. The molecule has 2 aromatic rings. The third-order valence-electron chi connectivity index (χ3n) is 3.46. The zero-order chi connectivity index (χ0) is 12.5. The van der Waals surface area contributed by atoms with Crippen molar-refractivity contribution >= 4 is 0 Å². The molecule has 1 aliphatic carbocycles. The van der Waals surface area contributed by atoms with Crippen LogP contribution in [0.25, 0.3) is 11.5 Å². The highest BCUT2D eigenvalue weighted by Crippen LogP contribution is 2.29. The molecule has 0 aromatic carbocycles. The molecule has 0 spiro atoms. The SMILES string of the molecule is Cn1nc2c(c1-c1ncnn1CCO)CCCC2. The smallest absolute Gasteiger partial charge is 0.176 e. The molecule has 0 unspecified atom stereocenters. The topological polar surface area (TPSA) is 68.8 Å². The second kappa shape index (κ2) is 4.53.